The molecule has 7 nitrogen and oxygen atoms in total. The van der Waals surface area contributed by atoms with Crippen molar-refractivity contribution in [2.75, 3.05) is 0 Å². The van der Waals surface area contributed by atoms with Crippen molar-refractivity contribution in [3.63, 3.8) is 0 Å². The minimum absolute atomic E-state index is 0.192. The first-order valence-corrected chi connectivity index (χ1v) is 7.41. The summed E-state index contributed by atoms with van der Waals surface area (Å²) in [5.41, 5.74) is 1.51. The number of amides is 1. The van der Waals surface area contributed by atoms with Gasteiger partial charge in [-0.05, 0) is 34.7 Å². The molecule has 2 aromatic heterocycles. The third-order valence-corrected chi connectivity index (χ3v) is 3.59. The molecule has 0 unspecified atom stereocenters. The zero-order chi connectivity index (χ0) is 16.4. The monoisotopic (exact) mass is 319 g/mol. The largest absolute Gasteiger partial charge is 0.451 e. The van der Waals surface area contributed by atoms with Gasteiger partial charge in [0.15, 0.2) is 11.6 Å². The number of furan rings is 1. The molecular weight excluding hydrogens is 306 g/mol. The van der Waals surface area contributed by atoms with E-state index in [1.165, 1.54) is 0 Å². The minimum atomic E-state index is -0.311. The van der Waals surface area contributed by atoms with Crippen LogP contribution in [0.1, 0.15) is 16.4 Å². The number of carbonyl (C=O) groups is 1. The first-order chi connectivity index (χ1) is 11.8. The molecule has 2 aromatic carbocycles. The van der Waals surface area contributed by atoms with E-state index in [-0.39, 0.29) is 18.2 Å². The van der Waals surface area contributed by atoms with Crippen LogP contribution < -0.4 is 5.32 Å². The lowest BCUT2D eigenvalue weighted by Crippen LogP contribution is -2.24. The summed E-state index contributed by atoms with van der Waals surface area (Å²) in [6.07, 6.45) is 0. The van der Waals surface area contributed by atoms with Crippen LogP contribution in [0.15, 0.2) is 65.1 Å². The Bertz CT molecular complexity index is 957. The van der Waals surface area contributed by atoms with Crippen molar-refractivity contribution in [1.29, 1.82) is 0 Å². The molecule has 0 saturated carbocycles. The highest BCUT2D eigenvalue weighted by molar-refractivity contribution is 5.95. The lowest BCUT2D eigenvalue weighted by atomic mass is 10.2. The van der Waals surface area contributed by atoms with Crippen molar-refractivity contribution in [2.45, 2.75) is 6.54 Å². The molecule has 0 atom stereocenters. The van der Waals surface area contributed by atoms with E-state index < -0.39 is 0 Å². The average molecular weight is 319 g/mol. The summed E-state index contributed by atoms with van der Waals surface area (Å²) in [6, 6.07) is 18.7. The summed E-state index contributed by atoms with van der Waals surface area (Å²) in [4.78, 5) is 12.3. The lowest BCUT2D eigenvalue weighted by Gasteiger charge is -2.05. The molecule has 24 heavy (non-hydrogen) atoms. The van der Waals surface area contributed by atoms with Gasteiger partial charge in [-0.15, -0.1) is 5.10 Å². The van der Waals surface area contributed by atoms with E-state index in [9.17, 15) is 4.79 Å². The molecular formula is C17H13N5O2. The van der Waals surface area contributed by atoms with Gasteiger partial charge in [0.2, 0.25) is 0 Å². The number of tetrazole rings is 1. The summed E-state index contributed by atoms with van der Waals surface area (Å²) in [5.74, 6) is 0.481. The summed E-state index contributed by atoms with van der Waals surface area (Å²) in [5, 5.41) is 15.2. The van der Waals surface area contributed by atoms with E-state index in [1.54, 1.807) is 10.7 Å². The van der Waals surface area contributed by atoms with Crippen molar-refractivity contribution >= 4 is 16.9 Å². The highest BCUT2D eigenvalue weighted by Crippen LogP contribution is 2.18. The fourth-order valence-corrected chi connectivity index (χ4v) is 2.43. The van der Waals surface area contributed by atoms with Gasteiger partial charge in [0, 0.05) is 5.39 Å². The number of nitrogens with zero attached hydrogens (tertiary/aromatic N) is 4. The topological polar surface area (TPSA) is 85.8 Å². The summed E-state index contributed by atoms with van der Waals surface area (Å²) in [6.45, 7) is 0.192. The van der Waals surface area contributed by atoms with Gasteiger partial charge in [-0.2, -0.15) is 4.68 Å². The third-order valence-electron chi connectivity index (χ3n) is 3.59. The smallest absolute Gasteiger partial charge is 0.287 e. The maximum Gasteiger partial charge on any atom is 0.287 e. The van der Waals surface area contributed by atoms with Crippen molar-refractivity contribution in [2.24, 2.45) is 0 Å². The molecule has 4 aromatic rings. The highest BCUT2D eigenvalue weighted by Gasteiger charge is 2.14. The number of benzene rings is 2. The molecule has 0 bridgehead atoms. The second kappa shape index (κ2) is 5.96. The van der Waals surface area contributed by atoms with E-state index in [0.717, 1.165) is 11.1 Å². The Balaban J connectivity index is 1.51. The first kappa shape index (κ1) is 14.1. The zero-order valence-corrected chi connectivity index (χ0v) is 12.6. The Kier molecular flexibility index (Phi) is 3.51. The standard InChI is InChI=1S/C17H13N5O2/c23-17(15-10-12-6-4-5-9-14(12)24-15)18-11-16-19-20-21-22(16)13-7-2-1-3-8-13/h1-10H,11H2,(H,18,23). The molecule has 1 N–H and O–H groups in total. The van der Waals surface area contributed by atoms with Gasteiger partial charge in [-0.1, -0.05) is 36.4 Å². The SMILES string of the molecule is O=C(NCc1nnnn1-c1ccccc1)c1cc2ccccc2o1. The fraction of sp³-hybridized carbons (Fsp3) is 0.0588. The normalized spacial score (nSPS) is 10.8. The molecule has 0 fully saturated rings. The number of para-hydroxylation sites is 2. The summed E-state index contributed by atoms with van der Waals surface area (Å²) in [7, 11) is 0. The van der Waals surface area contributed by atoms with E-state index in [0.29, 0.717) is 11.4 Å². The number of rotatable bonds is 4. The van der Waals surface area contributed by atoms with Crippen LogP contribution in [0.25, 0.3) is 16.7 Å². The van der Waals surface area contributed by atoms with Gasteiger partial charge >= 0.3 is 0 Å². The van der Waals surface area contributed by atoms with Crippen LogP contribution in [-0.2, 0) is 6.54 Å². The van der Waals surface area contributed by atoms with Crippen LogP contribution in [0.2, 0.25) is 0 Å². The van der Waals surface area contributed by atoms with E-state index >= 15 is 0 Å². The molecule has 0 saturated heterocycles. The highest BCUT2D eigenvalue weighted by atomic mass is 16.3. The van der Waals surface area contributed by atoms with Crippen molar-refractivity contribution in [3.8, 4) is 5.69 Å². The molecule has 2 heterocycles. The fourth-order valence-electron chi connectivity index (χ4n) is 2.43. The van der Waals surface area contributed by atoms with E-state index in [2.05, 4.69) is 20.8 Å². The summed E-state index contributed by atoms with van der Waals surface area (Å²) < 4.78 is 7.13. The molecule has 0 aliphatic heterocycles. The van der Waals surface area contributed by atoms with Gasteiger partial charge in [0.1, 0.15) is 5.58 Å². The van der Waals surface area contributed by atoms with Crippen LogP contribution in [0, 0.1) is 0 Å². The van der Waals surface area contributed by atoms with Gasteiger partial charge in [-0.3, -0.25) is 4.79 Å². The van der Waals surface area contributed by atoms with Crippen LogP contribution in [0.4, 0.5) is 0 Å². The van der Waals surface area contributed by atoms with Gasteiger partial charge in [0.05, 0.1) is 12.2 Å². The molecule has 0 aliphatic rings. The quantitative estimate of drug-likeness (QED) is 0.624. The number of fused-ring (bicyclic) bond motifs is 1. The Labute approximate surface area is 136 Å². The van der Waals surface area contributed by atoms with Crippen molar-refractivity contribution < 1.29 is 9.21 Å². The van der Waals surface area contributed by atoms with Crippen LogP contribution in [0.5, 0.6) is 0 Å². The van der Waals surface area contributed by atoms with Gasteiger partial charge in [-0.25, -0.2) is 0 Å². The predicted molar refractivity (Wildman–Crippen MR) is 86.5 cm³/mol. The van der Waals surface area contributed by atoms with Crippen molar-refractivity contribution in [3.05, 3.63) is 72.2 Å². The number of carbonyl (C=O) groups excluding carboxylic acids is 1. The van der Waals surface area contributed by atoms with Gasteiger partial charge < -0.3 is 9.73 Å². The number of hydrogen-bond donors (Lipinski definition) is 1. The molecule has 7 heteroatoms. The number of aromatic nitrogens is 4. The zero-order valence-electron chi connectivity index (χ0n) is 12.6. The predicted octanol–water partition coefficient (Wildman–Crippen LogP) is 2.34. The van der Waals surface area contributed by atoms with Crippen LogP contribution in [0.3, 0.4) is 0 Å². The molecule has 0 spiro atoms. The van der Waals surface area contributed by atoms with E-state index in [4.69, 9.17) is 4.42 Å². The molecule has 4 rings (SSSR count). The third kappa shape index (κ3) is 2.63. The molecule has 0 aliphatic carbocycles. The molecule has 118 valence electrons. The number of nitrogens with one attached hydrogen (secondary N) is 1. The lowest BCUT2D eigenvalue weighted by molar-refractivity contribution is 0.0924. The maximum atomic E-state index is 12.3. The Morgan fingerprint density at radius 3 is 2.71 bits per heavy atom. The average Bonchev–Trinajstić information content (AvgIpc) is 3.27. The Morgan fingerprint density at radius 2 is 1.88 bits per heavy atom. The van der Waals surface area contributed by atoms with Crippen molar-refractivity contribution in [1.82, 2.24) is 25.5 Å². The maximum absolute atomic E-state index is 12.3. The number of hydrogen-bond acceptors (Lipinski definition) is 5. The Morgan fingerprint density at radius 1 is 1.08 bits per heavy atom. The van der Waals surface area contributed by atoms with E-state index in [1.807, 2.05) is 54.6 Å². The second-order valence-electron chi connectivity index (χ2n) is 5.17. The first-order valence-electron chi connectivity index (χ1n) is 7.41. The molecule has 1 amide bonds. The summed E-state index contributed by atoms with van der Waals surface area (Å²) >= 11 is 0. The minimum Gasteiger partial charge on any atom is -0.451 e. The second-order valence-corrected chi connectivity index (χ2v) is 5.17. The van der Waals surface area contributed by atoms with Crippen LogP contribution >= 0.6 is 0 Å². The molecule has 0 radical (unpaired) electrons. The van der Waals surface area contributed by atoms with Crippen LogP contribution in [-0.4, -0.2) is 26.1 Å². The van der Waals surface area contributed by atoms with Gasteiger partial charge in [0.25, 0.3) is 5.91 Å². The Hall–Kier alpha value is -3.48.